The van der Waals surface area contributed by atoms with Crippen LogP contribution >= 0.6 is 0 Å². The van der Waals surface area contributed by atoms with Gasteiger partial charge in [0.15, 0.2) is 0 Å². The molecule has 7 aromatic carbocycles. The van der Waals surface area contributed by atoms with Crippen molar-refractivity contribution < 1.29 is 0 Å². The average Bonchev–Trinajstić information content (AvgIpc) is 3.50. The van der Waals surface area contributed by atoms with Gasteiger partial charge in [0, 0.05) is 18.1 Å². The molecule has 0 saturated carbocycles. The van der Waals surface area contributed by atoms with Gasteiger partial charge in [0.25, 0.3) is 0 Å². The van der Waals surface area contributed by atoms with E-state index in [1.807, 2.05) is 6.20 Å². The number of rotatable bonds is 4. The van der Waals surface area contributed by atoms with Crippen molar-refractivity contribution in [1.82, 2.24) is 4.98 Å². The summed E-state index contributed by atoms with van der Waals surface area (Å²) < 4.78 is 0. The molecule has 0 bridgehead atoms. The maximum Gasteiger partial charge on any atom is 0.0945 e. The Morgan fingerprint density at radius 2 is 0.958 bits per heavy atom. The van der Waals surface area contributed by atoms with Gasteiger partial charge in [-0.25, -0.2) is 0 Å². The van der Waals surface area contributed by atoms with Gasteiger partial charge in [-0.1, -0.05) is 152 Å². The van der Waals surface area contributed by atoms with Gasteiger partial charge in [-0.15, -0.1) is 0 Å². The predicted molar refractivity (Wildman–Crippen MR) is 203 cm³/mol. The Kier molecular flexibility index (Phi) is 5.97. The Hall–Kier alpha value is -6.25. The van der Waals surface area contributed by atoms with E-state index in [9.17, 15) is 0 Å². The largest absolute Gasteiger partial charge is 0.379 e. The highest BCUT2D eigenvalue weighted by atomic mass is 14.9. The second kappa shape index (κ2) is 10.7. The monoisotopic (exact) mass is 610 g/mol. The van der Waals surface area contributed by atoms with Crippen LogP contribution in [0, 0.1) is 0 Å². The third-order valence-electron chi connectivity index (χ3n) is 10.1. The van der Waals surface area contributed by atoms with Crippen molar-refractivity contribution in [2.45, 2.75) is 0 Å². The minimum Gasteiger partial charge on any atom is -0.379 e. The lowest BCUT2D eigenvalue weighted by molar-refractivity contribution is 1.30. The van der Waals surface area contributed by atoms with Gasteiger partial charge >= 0.3 is 0 Å². The normalized spacial score (nSPS) is 12.6. The molecule has 224 valence electrons. The molecule has 2 heteroatoms. The van der Waals surface area contributed by atoms with E-state index in [1.54, 1.807) is 0 Å². The van der Waals surface area contributed by atoms with E-state index in [0.717, 1.165) is 17.7 Å². The van der Waals surface area contributed by atoms with Crippen molar-refractivity contribution in [3.05, 3.63) is 163 Å². The van der Waals surface area contributed by atoms with Crippen LogP contribution in [0.25, 0.3) is 94.5 Å². The van der Waals surface area contributed by atoms with E-state index in [-0.39, 0.29) is 0 Å². The summed E-state index contributed by atoms with van der Waals surface area (Å²) in [5.41, 5.74) is 18.4. The first-order valence-electron chi connectivity index (χ1n) is 16.6. The molecular weight excluding hydrogens is 581 g/mol. The van der Waals surface area contributed by atoms with Crippen LogP contribution in [0.4, 0.5) is 5.69 Å². The first kappa shape index (κ1) is 26.9. The maximum absolute atomic E-state index is 4.73. The van der Waals surface area contributed by atoms with Gasteiger partial charge in [-0.2, -0.15) is 0 Å². The molecule has 1 N–H and O–H groups in total. The van der Waals surface area contributed by atoms with Gasteiger partial charge in [0.1, 0.15) is 0 Å². The number of pyridine rings is 1. The van der Waals surface area contributed by atoms with Crippen LogP contribution in [0.2, 0.25) is 0 Å². The minimum atomic E-state index is 0.833. The molecule has 0 amide bonds. The Morgan fingerprint density at radius 1 is 0.417 bits per heavy atom. The fourth-order valence-electron chi connectivity index (χ4n) is 7.76. The zero-order chi connectivity index (χ0) is 31.6. The molecule has 1 aliphatic heterocycles. The SMILES string of the molecule is C1=Cc2ccc3c(-c4ccc(-c5ccc(-c6ccc(-c7ccc8c9c(cccc79)-c7ccccc7-8)cc6)cc5)cc4)ccnc3c2NC1. The Morgan fingerprint density at radius 3 is 1.60 bits per heavy atom. The molecule has 2 aliphatic rings. The molecule has 0 spiro atoms. The van der Waals surface area contributed by atoms with E-state index in [4.69, 9.17) is 4.98 Å². The summed E-state index contributed by atoms with van der Waals surface area (Å²) >= 11 is 0. The van der Waals surface area contributed by atoms with Crippen LogP contribution in [-0.4, -0.2) is 11.5 Å². The Balaban J connectivity index is 0.918. The molecule has 0 saturated heterocycles. The predicted octanol–water partition coefficient (Wildman–Crippen LogP) is 12.1. The Bertz CT molecular complexity index is 2550. The van der Waals surface area contributed by atoms with Crippen LogP contribution in [0.3, 0.4) is 0 Å². The quantitative estimate of drug-likeness (QED) is 0.214. The molecule has 48 heavy (non-hydrogen) atoms. The third kappa shape index (κ3) is 4.16. The van der Waals surface area contributed by atoms with E-state index in [1.165, 1.54) is 88.5 Å². The van der Waals surface area contributed by atoms with Crippen molar-refractivity contribution >= 4 is 33.4 Å². The molecule has 8 aromatic rings. The lowest BCUT2D eigenvalue weighted by Gasteiger charge is -2.16. The van der Waals surface area contributed by atoms with Crippen molar-refractivity contribution in [2.24, 2.45) is 0 Å². The molecule has 0 radical (unpaired) electrons. The van der Waals surface area contributed by atoms with E-state index < -0.39 is 0 Å². The highest BCUT2D eigenvalue weighted by Crippen LogP contribution is 2.49. The topological polar surface area (TPSA) is 24.9 Å². The summed E-state index contributed by atoms with van der Waals surface area (Å²) in [5.74, 6) is 0. The van der Waals surface area contributed by atoms with Crippen LogP contribution < -0.4 is 5.32 Å². The third-order valence-corrected chi connectivity index (χ3v) is 10.1. The van der Waals surface area contributed by atoms with Crippen molar-refractivity contribution in [3.63, 3.8) is 0 Å². The fraction of sp³-hybridized carbons (Fsp3) is 0.0217. The summed E-state index contributed by atoms with van der Waals surface area (Å²) in [6.07, 6.45) is 6.24. The van der Waals surface area contributed by atoms with Crippen LogP contribution in [-0.2, 0) is 0 Å². The van der Waals surface area contributed by atoms with Crippen LogP contribution in [0.5, 0.6) is 0 Å². The summed E-state index contributed by atoms with van der Waals surface area (Å²) in [4.78, 5) is 4.73. The highest BCUT2D eigenvalue weighted by Gasteiger charge is 2.22. The zero-order valence-corrected chi connectivity index (χ0v) is 26.2. The lowest BCUT2D eigenvalue weighted by Crippen LogP contribution is -2.05. The molecule has 0 fully saturated rings. The number of hydrogen-bond donors (Lipinski definition) is 1. The summed E-state index contributed by atoms with van der Waals surface area (Å²) in [7, 11) is 0. The molecule has 1 aliphatic carbocycles. The summed E-state index contributed by atoms with van der Waals surface area (Å²) in [6, 6.07) is 53.4. The second-order valence-corrected chi connectivity index (χ2v) is 12.7. The highest BCUT2D eigenvalue weighted by molar-refractivity contribution is 6.18. The van der Waals surface area contributed by atoms with Gasteiger partial charge in [0.05, 0.1) is 11.2 Å². The van der Waals surface area contributed by atoms with Gasteiger partial charge in [-0.3, -0.25) is 4.98 Å². The average molecular weight is 611 g/mol. The van der Waals surface area contributed by atoms with Crippen LogP contribution in [0.15, 0.2) is 158 Å². The number of benzene rings is 7. The van der Waals surface area contributed by atoms with Crippen molar-refractivity contribution in [3.8, 4) is 66.8 Å². The van der Waals surface area contributed by atoms with E-state index in [0.29, 0.717) is 0 Å². The smallest absolute Gasteiger partial charge is 0.0945 e. The van der Waals surface area contributed by atoms with Gasteiger partial charge < -0.3 is 5.32 Å². The number of anilines is 1. The molecule has 1 aromatic heterocycles. The van der Waals surface area contributed by atoms with Gasteiger partial charge in [0.2, 0.25) is 0 Å². The minimum absolute atomic E-state index is 0.833. The second-order valence-electron chi connectivity index (χ2n) is 12.7. The number of nitrogens with zero attached hydrogens (tertiary/aromatic N) is 1. The number of nitrogens with one attached hydrogen (secondary N) is 1. The standard InChI is InChI=1S/C46H30N2/c1-2-7-39-38(6-1)41-9-3-8-40-36(24-25-42(39)44(40)41)33-18-14-31(15-19-33)29-10-12-30(13-11-29)32-16-20-34(21-17-32)37-26-28-48-46-43(37)23-22-35-5-4-27-47-45(35)46/h1-26,28,47H,27H2. The Labute approximate surface area is 279 Å². The first-order valence-corrected chi connectivity index (χ1v) is 16.6. The number of fused-ring (bicyclic) bond motifs is 6. The summed E-state index contributed by atoms with van der Waals surface area (Å²) in [6.45, 7) is 0.833. The molecule has 10 rings (SSSR count). The number of hydrogen-bond acceptors (Lipinski definition) is 2. The molecule has 2 nitrogen and oxygen atoms in total. The maximum atomic E-state index is 4.73. The molecular formula is C46H30N2. The molecule has 0 unspecified atom stereocenters. The summed E-state index contributed by atoms with van der Waals surface area (Å²) in [5, 5.41) is 7.36. The molecule has 2 heterocycles. The zero-order valence-electron chi connectivity index (χ0n) is 26.2. The number of aromatic nitrogens is 1. The van der Waals surface area contributed by atoms with Crippen LogP contribution in [0.1, 0.15) is 5.56 Å². The first-order chi connectivity index (χ1) is 23.8. The van der Waals surface area contributed by atoms with E-state index in [2.05, 4.69) is 163 Å². The molecule has 0 atom stereocenters. The van der Waals surface area contributed by atoms with Crippen molar-refractivity contribution in [2.75, 3.05) is 11.9 Å². The van der Waals surface area contributed by atoms with Gasteiger partial charge in [-0.05, 0) is 89.2 Å². The van der Waals surface area contributed by atoms with E-state index >= 15 is 0 Å². The fourth-order valence-corrected chi connectivity index (χ4v) is 7.76. The van der Waals surface area contributed by atoms with Crippen molar-refractivity contribution in [1.29, 1.82) is 0 Å². The lowest BCUT2D eigenvalue weighted by atomic mass is 9.93.